The van der Waals surface area contributed by atoms with Crippen LogP contribution in [0, 0.1) is 9.49 Å². The Hall–Kier alpha value is -3.17. The van der Waals surface area contributed by atoms with Gasteiger partial charge in [-0.2, -0.15) is 13.2 Å². The lowest BCUT2D eigenvalue weighted by atomic mass is 9.87. The van der Waals surface area contributed by atoms with Crippen LogP contribution < -0.4 is 14.8 Å². The number of aliphatic hydroxyl groups is 2. The number of amides is 2. The molecule has 0 saturated heterocycles. The van der Waals surface area contributed by atoms with Crippen LogP contribution in [0.15, 0.2) is 48.0 Å². The van der Waals surface area contributed by atoms with Gasteiger partial charge in [-0.25, -0.2) is 0 Å². The second kappa shape index (κ2) is 15.0. The van der Waals surface area contributed by atoms with Crippen LogP contribution in [0.5, 0.6) is 11.5 Å². The van der Waals surface area contributed by atoms with Crippen LogP contribution in [0.2, 0.25) is 0 Å². The van der Waals surface area contributed by atoms with Crippen molar-refractivity contribution in [2.45, 2.75) is 51.1 Å². The fourth-order valence-corrected chi connectivity index (χ4v) is 5.37. The molecule has 0 spiro atoms. The number of hydrogen-bond acceptors (Lipinski definition) is 7. The Bertz CT molecular complexity index is 1330. The zero-order valence-electron chi connectivity index (χ0n) is 23.9. The molecule has 13 heteroatoms. The number of nitrogens with one attached hydrogen (secondary N) is 1. The molecule has 0 bridgehead atoms. The summed E-state index contributed by atoms with van der Waals surface area (Å²) in [6, 6.07) is 5.82. The molecular formula is C30H34F3IN2O7. The average molecular weight is 719 g/mol. The van der Waals surface area contributed by atoms with Crippen molar-refractivity contribution in [1.29, 1.82) is 0 Å². The number of methoxy groups -OCH3 is 1. The molecule has 9 nitrogen and oxygen atoms in total. The lowest BCUT2D eigenvalue weighted by Crippen LogP contribution is -2.55. The highest BCUT2D eigenvalue weighted by Gasteiger charge is 2.41. The normalized spacial score (nSPS) is 18.6. The average Bonchev–Trinajstić information content (AvgIpc) is 2.97. The van der Waals surface area contributed by atoms with Crippen LogP contribution >= 0.6 is 22.6 Å². The molecule has 3 atom stereocenters. The van der Waals surface area contributed by atoms with Crippen LogP contribution in [-0.2, 0) is 11.0 Å². The van der Waals surface area contributed by atoms with Gasteiger partial charge >= 0.3 is 6.18 Å². The smallest absolute Gasteiger partial charge is 0.416 e. The Balaban J connectivity index is 2.05. The fraction of sp³-hybridized carbons (Fsp3) is 0.433. The molecule has 0 unspecified atom stereocenters. The largest absolute Gasteiger partial charge is 0.493 e. The summed E-state index contributed by atoms with van der Waals surface area (Å²) in [5, 5.41) is 23.4. The van der Waals surface area contributed by atoms with Gasteiger partial charge in [0.1, 0.15) is 18.5 Å². The molecule has 0 heterocycles. The number of carbonyl (C=O) groups excluding carboxylic acids is 3. The van der Waals surface area contributed by atoms with E-state index in [1.807, 2.05) is 36.4 Å². The van der Waals surface area contributed by atoms with Crippen molar-refractivity contribution in [3.05, 3.63) is 68.3 Å². The minimum atomic E-state index is -4.58. The highest BCUT2D eigenvalue weighted by atomic mass is 127. The molecule has 2 aromatic rings. The maximum Gasteiger partial charge on any atom is 0.416 e. The van der Waals surface area contributed by atoms with E-state index in [4.69, 9.17) is 9.47 Å². The highest BCUT2D eigenvalue weighted by molar-refractivity contribution is 14.1. The quantitative estimate of drug-likeness (QED) is 0.222. The summed E-state index contributed by atoms with van der Waals surface area (Å²) < 4.78 is 51.5. The number of hydrogen-bond donors (Lipinski definition) is 3. The van der Waals surface area contributed by atoms with E-state index in [2.05, 4.69) is 5.32 Å². The molecule has 2 aromatic carbocycles. The van der Waals surface area contributed by atoms with Crippen molar-refractivity contribution in [2.75, 3.05) is 26.8 Å². The first-order chi connectivity index (χ1) is 20.3. The molecule has 0 fully saturated rings. The third kappa shape index (κ3) is 8.70. The van der Waals surface area contributed by atoms with Crippen LogP contribution in [0.25, 0.3) is 0 Å². The third-order valence-electron chi connectivity index (χ3n) is 6.92. The molecule has 0 aliphatic heterocycles. The zero-order chi connectivity index (χ0) is 31.9. The third-order valence-corrected chi connectivity index (χ3v) is 7.73. The summed E-state index contributed by atoms with van der Waals surface area (Å²) in [6.45, 7) is 3.68. The Morgan fingerprint density at radius 1 is 1.21 bits per heavy atom. The van der Waals surface area contributed by atoms with Gasteiger partial charge in [0.05, 0.1) is 28.9 Å². The van der Waals surface area contributed by atoms with Crippen LogP contribution in [0.3, 0.4) is 0 Å². The van der Waals surface area contributed by atoms with Crippen molar-refractivity contribution >= 4 is 40.7 Å². The predicted octanol–water partition coefficient (Wildman–Crippen LogP) is 4.24. The molecule has 1 aliphatic rings. The van der Waals surface area contributed by atoms with Crippen LogP contribution in [0.4, 0.5) is 13.2 Å². The van der Waals surface area contributed by atoms with Gasteiger partial charge in [0.2, 0.25) is 5.91 Å². The Labute approximate surface area is 261 Å². The summed E-state index contributed by atoms with van der Waals surface area (Å²) in [4.78, 5) is 39.5. The molecule has 0 radical (unpaired) electrons. The monoisotopic (exact) mass is 718 g/mol. The standard InChI is InChI=1S/C30H34F3IN2O7/c1-17(2)8-10-36(29(41)19-4-6-21(7-5-19)30(31,32)33)23-14-20(28(40)35-9-11-37)15-24(26(23)39)43-27-22(34)12-18(16-38)13-25(27)42-3/h4-7,12-13,15-17,23-24,26,37,39H,8-11,14H2,1-3H3,(H,35,40)/t23-,24+,26+/m1/s1. The summed E-state index contributed by atoms with van der Waals surface area (Å²) in [7, 11) is 1.38. The lowest BCUT2D eigenvalue weighted by Gasteiger charge is -2.41. The minimum absolute atomic E-state index is 0.0112. The molecule has 3 N–H and O–H groups in total. The maximum absolute atomic E-state index is 13.8. The summed E-state index contributed by atoms with van der Waals surface area (Å²) in [5.74, 6) is -0.603. The first kappa shape index (κ1) is 34.3. The van der Waals surface area contributed by atoms with Gasteiger partial charge in [-0.15, -0.1) is 0 Å². The second-order valence-electron chi connectivity index (χ2n) is 10.4. The minimum Gasteiger partial charge on any atom is -0.493 e. The number of benzene rings is 2. The van der Waals surface area contributed by atoms with E-state index in [9.17, 15) is 37.8 Å². The molecule has 0 saturated carbocycles. The van der Waals surface area contributed by atoms with Gasteiger partial charge in [0.25, 0.3) is 5.91 Å². The Kier molecular flexibility index (Phi) is 12.0. The van der Waals surface area contributed by atoms with Crippen molar-refractivity contribution in [3.8, 4) is 11.5 Å². The van der Waals surface area contributed by atoms with Gasteiger partial charge in [0, 0.05) is 36.2 Å². The maximum atomic E-state index is 13.8. The molecule has 3 rings (SSSR count). The van der Waals surface area contributed by atoms with E-state index in [1.165, 1.54) is 24.2 Å². The predicted molar refractivity (Wildman–Crippen MR) is 160 cm³/mol. The van der Waals surface area contributed by atoms with E-state index >= 15 is 0 Å². The Morgan fingerprint density at radius 2 is 1.88 bits per heavy atom. The van der Waals surface area contributed by atoms with Crippen molar-refractivity contribution in [3.63, 3.8) is 0 Å². The number of ether oxygens (including phenoxy) is 2. The number of rotatable bonds is 12. The molecule has 43 heavy (non-hydrogen) atoms. The number of alkyl halides is 3. The summed E-state index contributed by atoms with van der Waals surface area (Å²) in [5.41, 5.74) is -0.402. The topological polar surface area (TPSA) is 125 Å². The number of carbonyl (C=O) groups is 3. The molecule has 2 amide bonds. The van der Waals surface area contributed by atoms with Gasteiger partial charge in [-0.3, -0.25) is 14.4 Å². The van der Waals surface area contributed by atoms with Gasteiger partial charge in [-0.1, -0.05) is 13.8 Å². The van der Waals surface area contributed by atoms with Crippen molar-refractivity contribution in [2.24, 2.45) is 5.92 Å². The highest BCUT2D eigenvalue weighted by Crippen LogP contribution is 2.37. The van der Waals surface area contributed by atoms with Crippen molar-refractivity contribution in [1.82, 2.24) is 10.2 Å². The van der Waals surface area contributed by atoms with E-state index in [0.29, 0.717) is 21.8 Å². The molecule has 234 valence electrons. The zero-order valence-corrected chi connectivity index (χ0v) is 26.0. The van der Waals surface area contributed by atoms with Crippen LogP contribution in [0.1, 0.15) is 53.0 Å². The van der Waals surface area contributed by atoms with Gasteiger partial charge in [-0.05, 0) is 77.4 Å². The Morgan fingerprint density at radius 3 is 2.44 bits per heavy atom. The number of nitrogens with zero attached hydrogens (tertiary/aromatic N) is 1. The lowest BCUT2D eigenvalue weighted by molar-refractivity contribution is -0.137. The summed E-state index contributed by atoms with van der Waals surface area (Å²) >= 11 is 1.95. The number of aldehydes is 1. The fourth-order valence-electron chi connectivity index (χ4n) is 4.62. The first-order valence-corrected chi connectivity index (χ1v) is 14.6. The van der Waals surface area contributed by atoms with Crippen molar-refractivity contribution < 1.29 is 47.2 Å². The van der Waals surface area contributed by atoms with E-state index < -0.39 is 41.8 Å². The molecule has 0 aromatic heterocycles. The van der Waals surface area contributed by atoms with E-state index in [0.717, 1.165) is 24.3 Å². The molecule has 1 aliphatic carbocycles. The summed E-state index contributed by atoms with van der Waals surface area (Å²) in [6.07, 6.45) is -4.61. The van der Waals surface area contributed by atoms with E-state index in [-0.39, 0.29) is 54.7 Å². The second-order valence-corrected chi connectivity index (χ2v) is 11.6. The number of aliphatic hydroxyl groups excluding tert-OH is 2. The van der Waals surface area contributed by atoms with E-state index in [1.54, 1.807) is 6.07 Å². The molecular weight excluding hydrogens is 684 g/mol. The van der Waals surface area contributed by atoms with Gasteiger partial charge < -0.3 is 29.9 Å². The van der Waals surface area contributed by atoms with Crippen LogP contribution in [-0.4, -0.2) is 78.3 Å². The SMILES string of the molecule is COc1cc(C=O)cc(I)c1O[C@H]1C=C(C(=O)NCCO)C[C@@H](N(CCC(C)C)C(=O)c2ccc(C(F)(F)F)cc2)[C@@H]1O. The first-order valence-electron chi connectivity index (χ1n) is 13.6. The van der Waals surface area contributed by atoms with Gasteiger partial charge in [0.15, 0.2) is 11.5 Å². The number of halogens is 4.